The number of nitrogens with two attached hydrogens (primary N) is 1. The second-order valence-electron chi connectivity index (χ2n) is 5.32. The molecule has 106 valence electrons. The van der Waals surface area contributed by atoms with Crippen molar-refractivity contribution in [1.82, 2.24) is 0 Å². The normalized spacial score (nSPS) is 20.5. The zero-order valence-corrected chi connectivity index (χ0v) is 12.4. The lowest BCUT2D eigenvalue weighted by atomic mass is 10.00. The molecule has 0 radical (unpaired) electrons. The zero-order chi connectivity index (χ0) is 14.0. The molecule has 0 aliphatic carbocycles. The van der Waals surface area contributed by atoms with Crippen molar-refractivity contribution in [3.8, 4) is 0 Å². The van der Waals surface area contributed by atoms with E-state index in [9.17, 15) is 8.42 Å². The van der Waals surface area contributed by atoms with Gasteiger partial charge in [0.2, 0.25) is 0 Å². The molecular formula is C14H22N2O2S. The van der Waals surface area contributed by atoms with Crippen LogP contribution in [0.2, 0.25) is 0 Å². The number of rotatable bonds is 3. The van der Waals surface area contributed by atoms with E-state index in [1.54, 1.807) is 19.1 Å². The first-order chi connectivity index (χ1) is 8.94. The van der Waals surface area contributed by atoms with E-state index in [1.807, 2.05) is 6.07 Å². The second-order valence-corrected chi connectivity index (χ2v) is 7.57. The molecule has 1 aliphatic rings. The summed E-state index contributed by atoms with van der Waals surface area (Å²) in [5.41, 5.74) is 7.30. The molecule has 0 amide bonds. The fourth-order valence-corrected chi connectivity index (χ4v) is 3.60. The van der Waals surface area contributed by atoms with Gasteiger partial charge in [-0.05, 0) is 37.0 Å². The van der Waals surface area contributed by atoms with Crippen LogP contribution in [-0.2, 0) is 9.84 Å². The van der Waals surface area contributed by atoms with E-state index in [0.29, 0.717) is 11.6 Å². The van der Waals surface area contributed by atoms with Gasteiger partial charge in [0.25, 0.3) is 0 Å². The summed E-state index contributed by atoms with van der Waals surface area (Å²) >= 11 is 0. The molecule has 0 spiro atoms. The van der Waals surface area contributed by atoms with Gasteiger partial charge in [-0.25, -0.2) is 8.42 Å². The summed E-state index contributed by atoms with van der Waals surface area (Å²) in [6.07, 6.45) is 2.43. The summed E-state index contributed by atoms with van der Waals surface area (Å²) in [5.74, 6) is 0.756. The Bertz CT molecular complexity index is 555. The summed E-state index contributed by atoms with van der Waals surface area (Å²) in [4.78, 5) is 2.54. The first kappa shape index (κ1) is 14.2. The van der Waals surface area contributed by atoms with Crippen molar-refractivity contribution in [2.75, 3.05) is 29.5 Å². The van der Waals surface area contributed by atoms with E-state index in [-0.39, 0.29) is 10.6 Å². The molecule has 0 bridgehead atoms. The average Bonchev–Trinajstić information content (AvgIpc) is 2.38. The van der Waals surface area contributed by atoms with Crippen LogP contribution in [0, 0.1) is 5.92 Å². The van der Waals surface area contributed by atoms with Crippen LogP contribution in [0.5, 0.6) is 0 Å². The van der Waals surface area contributed by atoms with Crippen LogP contribution in [0.4, 0.5) is 11.4 Å². The van der Waals surface area contributed by atoms with E-state index in [0.717, 1.165) is 18.8 Å². The monoisotopic (exact) mass is 282 g/mol. The van der Waals surface area contributed by atoms with Gasteiger partial charge in [-0.15, -0.1) is 0 Å². The number of hydrogen-bond donors (Lipinski definition) is 1. The molecule has 1 aliphatic heterocycles. The molecule has 0 unspecified atom stereocenters. The molecule has 1 heterocycles. The molecular weight excluding hydrogens is 260 g/mol. The number of sulfone groups is 1. The van der Waals surface area contributed by atoms with Crippen LogP contribution in [0.25, 0.3) is 0 Å². The Labute approximate surface area is 115 Å². The van der Waals surface area contributed by atoms with E-state index in [2.05, 4.69) is 11.8 Å². The highest BCUT2D eigenvalue weighted by Crippen LogP contribution is 2.28. The van der Waals surface area contributed by atoms with Crippen molar-refractivity contribution >= 4 is 21.2 Å². The SMILES string of the molecule is CCS(=O)(=O)c1ccc(N2CCC[C@H](C)C2)cc1N. The number of benzene rings is 1. The Kier molecular flexibility index (Phi) is 4.04. The maximum atomic E-state index is 11.9. The van der Waals surface area contributed by atoms with Gasteiger partial charge in [0.05, 0.1) is 16.3 Å². The van der Waals surface area contributed by atoms with Crippen LogP contribution in [0.15, 0.2) is 23.1 Å². The number of nitrogen functional groups attached to an aromatic ring is 1. The largest absolute Gasteiger partial charge is 0.398 e. The Morgan fingerprint density at radius 3 is 2.74 bits per heavy atom. The Hall–Kier alpha value is -1.23. The minimum atomic E-state index is -3.23. The maximum Gasteiger partial charge on any atom is 0.180 e. The molecule has 2 rings (SSSR count). The lowest BCUT2D eigenvalue weighted by molar-refractivity contribution is 0.447. The van der Waals surface area contributed by atoms with Gasteiger partial charge in [-0.3, -0.25) is 0 Å². The molecule has 1 atom stereocenters. The third-order valence-electron chi connectivity index (χ3n) is 3.73. The highest BCUT2D eigenvalue weighted by Gasteiger charge is 2.19. The van der Waals surface area contributed by atoms with Gasteiger partial charge in [0.15, 0.2) is 9.84 Å². The topological polar surface area (TPSA) is 63.4 Å². The van der Waals surface area contributed by atoms with Crippen molar-refractivity contribution in [2.45, 2.75) is 31.6 Å². The summed E-state index contributed by atoms with van der Waals surface area (Å²) in [6.45, 7) is 5.91. The van der Waals surface area contributed by atoms with Gasteiger partial charge < -0.3 is 10.6 Å². The van der Waals surface area contributed by atoms with Crippen molar-refractivity contribution in [3.05, 3.63) is 18.2 Å². The maximum absolute atomic E-state index is 11.9. The molecule has 0 saturated carbocycles. The molecule has 4 nitrogen and oxygen atoms in total. The van der Waals surface area contributed by atoms with Crippen molar-refractivity contribution < 1.29 is 8.42 Å². The molecule has 1 aromatic carbocycles. The number of nitrogens with zero attached hydrogens (tertiary/aromatic N) is 1. The molecule has 5 heteroatoms. The first-order valence-corrected chi connectivity index (χ1v) is 8.46. The number of anilines is 2. The van der Waals surface area contributed by atoms with Crippen LogP contribution in [-0.4, -0.2) is 27.3 Å². The minimum Gasteiger partial charge on any atom is -0.398 e. The fraction of sp³-hybridized carbons (Fsp3) is 0.571. The van der Waals surface area contributed by atoms with Crippen molar-refractivity contribution in [3.63, 3.8) is 0 Å². The molecule has 1 aromatic rings. The van der Waals surface area contributed by atoms with Crippen LogP contribution >= 0.6 is 0 Å². The zero-order valence-electron chi connectivity index (χ0n) is 11.6. The summed E-state index contributed by atoms with van der Waals surface area (Å²) in [6, 6.07) is 5.31. The Balaban J connectivity index is 2.29. The molecule has 19 heavy (non-hydrogen) atoms. The van der Waals surface area contributed by atoms with Gasteiger partial charge >= 0.3 is 0 Å². The smallest absolute Gasteiger partial charge is 0.180 e. The van der Waals surface area contributed by atoms with Gasteiger partial charge in [0, 0.05) is 18.8 Å². The standard InChI is InChI=1S/C14H22N2O2S/c1-3-19(17,18)14-7-6-12(9-13(14)15)16-8-4-5-11(2)10-16/h6-7,9,11H,3-5,8,10,15H2,1-2H3/t11-/m0/s1. The minimum absolute atomic E-state index is 0.0806. The van der Waals surface area contributed by atoms with Gasteiger partial charge in [-0.1, -0.05) is 13.8 Å². The van der Waals surface area contributed by atoms with E-state index >= 15 is 0 Å². The Morgan fingerprint density at radius 2 is 2.16 bits per heavy atom. The van der Waals surface area contributed by atoms with Crippen LogP contribution in [0.3, 0.4) is 0 Å². The van der Waals surface area contributed by atoms with Gasteiger partial charge in [0.1, 0.15) is 0 Å². The summed E-state index contributed by atoms with van der Waals surface area (Å²) in [7, 11) is -3.23. The third-order valence-corrected chi connectivity index (χ3v) is 5.53. The molecule has 0 aromatic heterocycles. The van der Waals surface area contributed by atoms with E-state index < -0.39 is 9.84 Å². The summed E-state index contributed by atoms with van der Waals surface area (Å²) in [5, 5.41) is 0. The summed E-state index contributed by atoms with van der Waals surface area (Å²) < 4.78 is 23.7. The third kappa shape index (κ3) is 3.03. The molecule has 1 saturated heterocycles. The predicted molar refractivity (Wildman–Crippen MR) is 79.2 cm³/mol. The predicted octanol–water partition coefficient (Wildman–Crippen LogP) is 2.30. The first-order valence-electron chi connectivity index (χ1n) is 6.81. The van der Waals surface area contributed by atoms with Gasteiger partial charge in [-0.2, -0.15) is 0 Å². The quantitative estimate of drug-likeness (QED) is 0.864. The van der Waals surface area contributed by atoms with Crippen molar-refractivity contribution in [1.29, 1.82) is 0 Å². The molecule has 1 fully saturated rings. The average molecular weight is 282 g/mol. The second kappa shape index (κ2) is 5.41. The molecule has 2 N–H and O–H groups in total. The van der Waals surface area contributed by atoms with Crippen LogP contribution in [0.1, 0.15) is 26.7 Å². The number of hydrogen-bond acceptors (Lipinski definition) is 4. The Morgan fingerprint density at radius 1 is 1.42 bits per heavy atom. The number of piperidine rings is 1. The lowest BCUT2D eigenvalue weighted by Gasteiger charge is -2.33. The van der Waals surface area contributed by atoms with Crippen molar-refractivity contribution in [2.24, 2.45) is 5.92 Å². The van der Waals surface area contributed by atoms with E-state index in [4.69, 9.17) is 5.73 Å². The highest BCUT2D eigenvalue weighted by molar-refractivity contribution is 7.91. The highest BCUT2D eigenvalue weighted by atomic mass is 32.2. The van der Waals surface area contributed by atoms with E-state index in [1.165, 1.54) is 12.8 Å². The fourth-order valence-electron chi connectivity index (χ4n) is 2.60. The van der Waals surface area contributed by atoms with Crippen LogP contribution < -0.4 is 10.6 Å². The lowest BCUT2D eigenvalue weighted by Crippen LogP contribution is -2.34.